The number of fused-ring (bicyclic) bond motifs is 1. The van der Waals surface area contributed by atoms with Gasteiger partial charge in [0.15, 0.2) is 5.75 Å². The summed E-state index contributed by atoms with van der Waals surface area (Å²) in [5.74, 6) is 1.13. The molecule has 0 bridgehead atoms. The molecule has 0 atom stereocenters. The molecule has 0 aliphatic heterocycles. The quantitative estimate of drug-likeness (QED) is 0.761. The van der Waals surface area contributed by atoms with E-state index in [1.165, 1.54) is 6.20 Å². The van der Waals surface area contributed by atoms with Crippen LogP contribution in [-0.2, 0) is 0 Å². The molecular weight excluding hydrogens is 358 g/mol. The van der Waals surface area contributed by atoms with E-state index in [1.54, 1.807) is 32.6 Å². The van der Waals surface area contributed by atoms with Gasteiger partial charge in [-0.25, -0.2) is 9.97 Å². The Bertz CT molecular complexity index is 936. The van der Waals surface area contributed by atoms with Crippen molar-refractivity contribution in [3.63, 3.8) is 0 Å². The number of hydrogen-bond donors (Lipinski definition) is 1. The number of methoxy groups -OCH3 is 1. The molecule has 2 aromatic heterocycles. The van der Waals surface area contributed by atoms with E-state index in [1.807, 2.05) is 6.07 Å². The standard InChI is InChI=1S/C16H12BrN5O/c1-19-16-21-8-12-11(10-3-9(5-18)6-20-7-10)4-13(17)15(23-2)14(12)22-16/h3-4,6-8H,1-2H3,(H,19,21,22). The summed E-state index contributed by atoms with van der Waals surface area (Å²) in [6, 6.07) is 5.80. The van der Waals surface area contributed by atoms with E-state index in [0.717, 1.165) is 21.0 Å². The third kappa shape index (κ3) is 2.69. The van der Waals surface area contributed by atoms with Crippen molar-refractivity contribution in [3.8, 4) is 22.9 Å². The van der Waals surface area contributed by atoms with Gasteiger partial charge in [-0.2, -0.15) is 5.26 Å². The van der Waals surface area contributed by atoms with E-state index in [9.17, 15) is 0 Å². The van der Waals surface area contributed by atoms with Crippen LogP contribution in [-0.4, -0.2) is 29.1 Å². The first-order valence-corrected chi connectivity index (χ1v) is 7.53. The largest absolute Gasteiger partial charge is 0.493 e. The van der Waals surface area contributed by atoms with Crippen molar-refractivity contribution in [3.05, 3.63) is 40.8 Å². The van der Waals surface area contributed by atoms with Crippen LogP contribution in [0.15, 0.2) is 35.2 Å². The summed E-state index contributed by atoms with van der Waals surface area (Å²) in [5.41, 5.74) is 2.87. The van der Waals surface area contributed by atoms with Gasteiger partial charge in [-0.05, 0) is 33.6 Å². The topological polar surface area (TPSA) is 83.7 Å². The van der Waals surface area contributed by atoms with Crippen LogP contribution in [0.2, 0.25) is 0 Å². The highest BCUT2D eigenvalue weighted by molar-refractivity contribution is 9.10. The second-order valence-corrected chi connectivity index (χ2v) is 5.57. The molecule has 0 saturated carbocycles. The number of nitrogens with one attached hydrogen (secondary N) is 1. The molecule has 0 amide bonds. The number of halogens is 1. The Morgan fingerprint density at radius 1 is 1.26 bits per heavy atom. The van der Waals surface area contributed by atoms with Gasteiger partial charge in [-0.3, -0.25) is 4.98 Å². The van der Waals surface area contributed by atoms with Crippen LogP contribution in [0.1, 0.15) is 5.56 Å². The SMILES string of the molecule is CNc1ncc2c(-c3cncc(C#N)c3)cc(Br)c(OC)c2n1. The Hall–Kier alpha value is -2.72. The minimum absolute atomic E-state index is 0.496. The van der Waals surface area contributed by atoms with Crippen LogP contribution >= 0.6 is 15.9 Å². The normalized spacial score (nSPS) is 10.3. The Labute approximate surface area is 141 Å². The number of hydrogen-bond acceptors (Lipinski definition) is 6. The highest BCUT2D eigenvalue weighted by atomic mass is 79.9. The third-order valence-corrected chi connectivity index (χ3v) is 3.98. The summed E-state index contributed by atoms with van der Waals surface area (Å²) >= 11 is 3.52. The fourth-order valence-electron chi connectivity index (χ4n) is 2.34. The molecule has 6 nitrogen and oxygen atoms in total. The van der Waals surface area contributed by atoms with E-state index in [0.29, 0.717) is 22.8 Å². The molecule has 0 unspecified atom stereocenters. The highest BCUT2D eigenvalue weighted by Crippen LogP contribution is 2.39. The molecule has 114 valence electrons. The van der Waals surface area contributed by atoms with Gasteiger partial charge in [0.2, 0.25) is 5.95 Å². The molecule has 0 saturated heterocycles. The summed E-state index contributed by atoms with van der Waals surface area (Å²) in [7, 11) is 3.35. The molecule has 0 spiro atoms. The molecule has 1 aromatic carbocycles. The molecule has 23 heavy (non-hydrogen) atoms. The number of benzene rings is 1. The molecule has 2 heterocycles. The maximum atomic E-state index is 9.08. The maximum absolute atomic E-state index is 9.08. The van der Waals surface area contributed by atoms with Gasteiger partial charge in [0, 0.05) is 36.6 Å². The van der Waals surface area contributed by atoms with Crippen molar-refractivity contribution in [2.45, 2.75) is 0 Å². The zero-order chi connectivity index (χ0) is 16.4. The van der Waals surface area contributed by atoms with E-state index < -0.39 is 0 Å². The minimum atomic E-state index is 0.496. The highest BCUT2D eigenvalue weighted by Gasteiger charge is 2.15. The lowest BCUT2D eigenvalue weighted by Gasteiger charge is -2.13. The van der Waals surface area contributed by atoms with E-state index in [-0.39, 0.29) is 0 Å². The molecule has 3 rings (SSSR count). The van der Waals surface area contributed by atoms with Crippen molar-refractivity contribution in [1.82, 2.24) is 15.0 Å². The molecule has 0 radical (unpaired) electrons. The fourth-order valence-corrected chi connectivity index (χ4v) is 2.92. The van der Waals surface area contributed by atoms with E-state index >= 15 is 0 Å². The summed E-state index contributed by atoms with van der Waals surface area (Å²) in [6.07, 6.45) is 4.97. The van der Waals surface area contributed by atoms with Crippen LogP contribution in [0.3, 0.4) is 0 Å². The zero-order valence-corrected chi connectivity index (χ0v) is 14.0. The summed E-state index contributed by atoms with van der Waals surface area (Å²) in [4.78, 5) is 12.9. The molecule has 7 heteroatoms. The van der Waals surface area contributed by atoms with Crippen molar-refractivity contribution >= 4 is 32.8 Å². The van der Waals surface area contributed by atoms with Crippen molar-refractivity contribution in [1.29, 1.82) is 5.26 Å². The first-order chi connectivity index (χ1) is 11.2. The monoisotopic (exact) mass is 369 g/mol. The molecular formula is C16H12BrN5O. The maximum Gasteiger partial charge on any atom is 0.223 e. The Morgan fingerprint density at radius 3 is 2.78 bits per heavy atom. The third-order valence-electron chi connectivity index (χ3n) is 3.39. The molecule has 0 fully saturated rings. The van der Waals surface area contributed by atoms with Gasteiger partial charge in [-0.1, -0.05) is 0 Å². The van der Waals surface area contributed by atoms with Crippen molar-refractivity contribution in [2.75, 3.05) is 19.5 Å². The van der Waals surface area contributed by atoms with Crippen LogP contribution in [0.25, 0.3) is 22.0 Å². The number of ether oxygens (including phenoxy) is 1. The predicted molar refractivity (Wildman–Crippen MR) is 91.3 cm³/mol. The number of anilines is 1. The molecule has 0 aliphatic carbocycles. The van der Waals surface area contributed by atoms with Crippen LogP contribution in [0, 0.1) is 11.3 Å². The van der Waals surface area contributed by atoms with Gasteiger partial charge < -0.3 is 10.1 Å². The fraction of sp³-hybridized carbons (Fsp3) is 0.125. The number of nitrogens with zero attached hydrogens (tertiary/aromatic N) is 4. The van der Waals surface area contributed by atoms with Crippen LogP contribution in [0.4, 0.5) is 5.95 Å². The van der Waals surface area contributed by atoms with Gasteiger partial charge in [0.1, 0.15) is 11.6 Å². The second-order valence-electron chi connectivity index (χ2n) is 4.72. The Kier molecular flexibility index (Phi) is 4.08. The van der Waals surface area contributed by atoms with Crippen LogP contribution < -0.4 is 10.1 Å². The Morgan fingerprint density at radius 2 is 2.09 bits per heavy atom. The number of nitriles is 1. The van der Waals surface area contributed by atoms with Crippen molar-refractivity contribution < 1.29 is 4.74 Å². The van der Waals surface area contributed by atoms with Gasteiger partial charge in [0.05, 0.1) is 17.1 Å². The number of rotatable bonds is 3. The van der Waals surface area contributed by atoms with Crippen LogP contribution in [0.5, 0.6) is 5.75 Å². The van der Waals surface area contributed by atoms with E-state index in [4.69, 9.17) is 10.00 Å². The molecule has 0 aliphatic rings. The van der Waals surface area contributed by atoms with E-state index in [2.05, 4.69) is 42.3 Å². The molecule has 1 N–H and O–H groups in total. The lowest BCUT2D eigenvalue weighted by Crippen LogP contribution is -1.99. The average Bonchev–Trinajstić information content (AvgIpc) is 2.60. The summed E-state index contributed by atoms with van der Waals surface area (Å²) in [5, 5.41) is 12.8. The van der Waals surface area contributed by atoms with Crippen molar-refractivity contribution in [2.24, 2.45) is 0 Å². The first kappa shape index (κ1) is 15.2. The van der Waals surface area contributed by atoms with Gasteiger partial charge in [-0.15, -0.1) is 0 Å². The molecule has 3 aromatic rings. The smallest absolute Gasteiger partial charge is 0.223 e. The zero-order valence-electron chi connectivity index (χ0n) is 12.5. The average molecular weight is 370 g/mol. The lowest BCUT2D eigenvalue weighted by atomic mass is 10.0. The minimum Gasteiger partial charge on any atom is -0.493 e. The number of pyridine rings is 1. The number of aromatic nitrogens is 3. The first-order valence-electron chi connectivity index (χ1n) is 6.74. The lowest BCUT2D eigenvalue weighted by molar-refractivity contribution is 0.416. The summed E-state index contributed by atoms with van der Waals surface area (Å²) < 4.78 is 6.23. The second kappa shape index (κ2) is 6.18. The summed E-state index contributed by atoms with van der Waals surface area (Å²) in [6.45, 7) is 0. The van der Waals surface area contributed by atoms with Gasteiger partial charge >= 0.3 is 0 Å². The Balaban J connectivity index is 2.35. The predicted octanol–water partition coefficient (Wildman–Crippen LogP) is 3.38. The van der Waals surface area contributed by atoms with Gasteiger partial charge in [0.25, 0.3) is 0 Å².